The normalized spacial score (nSPS) is 14.0. The maximum atomic E-state index is 11.7. The van der Waals surface area contributed by atoms with Gasteiger partial charge in [0.25, 0.3) is 0 Å². The Morgan fingerprint density at radius 1 is 1.52 bits per heavy atom. The summed E-state index contributed by atoms with van der Waals surface area (Å²) in [6.45, 7) is 2.31. The highest BCUT2D eigenvalue weighted by Crippen LogP contribution is 2.39. The number of rotatable bonds is 2. The molecule has 0 unspecified atom stereocenters. The Kier molecular flexibility index (Phi) is 3.95. The average molecular weight is 368 g/mol. The van der Waals surface area contributed by atoms with Gasteiger partial charge in [0.1, 0.15) is 10.8 Å². The summed E-state index contributed by atoms with van der Waals surface area (Å²) in [7, 11) is 1.59. The number of aromatic nitrogens is 2. The van der Waals surface area contributed by atoms with E-state index in [1.807, 2.05) is 6.07 Å². The lowest BCUT2D eigenvalue weighted by Crippen LogP contribution is -2.33. The van der Waals surface area contributed by atoms with Crippen molar-refractivity contribution < 1.29 is 9.53 Å². The third-order valence-corrected chi connectivity index (χ3v) is 4.91. The largest absolute Gasteiger partial charge is 0.480 e. The summed E-state index contributed by atoms with van der Waals surface area (Å²) in [6.07, 6.45) is 3.63. The second kappa shape index (κ2) is 5.73. The molecule has 7 heteroatoms. The van der Waals surface area contributed by atoms with Gasteiger partial charge in [0, 0.05) is 29.0 Å². The summed E-state index contributed by atoms with van der Waals surface area (Å²) < 4.78 is 6.19. The minimum atomic E-state index is 0.0344. The van der Waals surface area contributed by atoms with Gasteiger partial charge < -0.3 is 4.74 Å². The molecule has 0 radical (unpaired) electrons. The first-order valence-electron chi connectivity index (χ1n) is 6.58. The van der Waals surface area contributed by atoms with Crippen LogP contribution in [-0.4, -0.2) is 29.5 Å². The van der Waals surface area contributed by atoms with Crippen molar-refractivity contribution in [2.24, 2.45) is 0 Å². The Hall–Kier alpha value is -1.47. The van der Waals surface area contributed by atoms with Gasteiger partial charge in [-0.05, 0) is 34.8 Å². The van der Waals surface area contributed by atoms with Crippen LogP contribution in [0.4, 0.5) is 5.82 Å². The Balaban J connectivity index is 2.09. The summed E-state index contributed by atoms with van der Waals surface area (Å²) in [6, 6.07) is 1.94. The van der Waals surface area contributed by atoms with Gasteiger partial charge in [-0.3, -0.25) is 9.69 Å². The summed E-state index contributed by atoms with van der Waals surface area (Å²) >= 11 is 5.03. The van der Waals surface area contributed by atoms with E-state index in [1.165, 1.54) is 0 Å². The minimum Gasteiger partial charge on any atom is -0.480 e. The highest BCUT2D eigenvalue weighted by molar-refractivity contribution is 9.10. The molecule has 0 bridgehead atoms. The fourth-order valence-corrected chi connectivity index (χ4v) is 3.83. The molecular weight excluding hydrogens is 354 g/mol. The van der Waals surface area contributed by atoms with Crippen molar-refractivity contribution in [1.82, 2.24) is 9.97 Å². The van der Waals surface area contributed by atoms with Crippen molar-refractivity contribution in [1.29, 1.82) is 0 Å². The van der Waals surface area contributed by atoms with Crippen LogP contribution >= 0.6 is 27.3 Å². The number of thiazole rings is 1. The molecule has 3 rings (SSSR count). The van der Waals surface area contributed by atoms with E-state index in [1.54, 1.807) is 36.5 Å². The van der Waals surface area contributed by atoms with Gasteiger partial charge in [0.15, 0.2) is 0 Å². The molecule has 2 aromatic rings. The summed E-state index contributed by atoms with van der Waals surface area (Å²) in [5.41, 5.74) is 0.842. The third kappa shape index (κ3) is 2.67. The van der Waals surface area contributed by atoms with Crippen LogP contribution in [0.3, 0.4) is 0 Å². The fraction of sp³-hybridized carbons (Fsp3) is 0.357. The number of hydrogen-bond donors (Lipinski definition) is 0. The molecule has 0 saturated carbocycles. The minimum absolute atomic E-state index is 0.0344. The summed E-state index contributed by atoms with van der Waals surface area (Å²) in [5.74, 6) is 1.36. The standard InChI is InChI=1S/C14H14BrN3O2S/c1-8(19)18-5-3-4-11-12(18)17-14(21-11)10-6-9(15)7-16-13(10)20-2/h6-7H,3-5H2,1-2H3. The van der Waals surface area contributed by atoms with Crippen molar-refractivity contribution in [3.63, 3.8) is 0 Å². The monoisotopic (exact) mass is 367 g/mol. The van der Waals surface area contributed by atoms with Crippen LogP contribution in [0.1, 0.15) is 18.2 Å². The maximum Gasteiger partial charge on any atom is 0.225 e. The van der Waals surface area contributed by atoms with Gasteiger partial charge in [-0.2, -0.15) is 0 Å². The number of hydrogen-bond acceptors (Lipinski definition) is 5. The van der Waals surface area contributed by atoms with E-state index in [9.17, 15) is 4.79 Å². The van der Waals surface area contributed by atoms with Crippen LogP contribution in [-0.2, 0) is 11.2 Å². The summed E-state index contributed by atoms with van der Waals surface area (Å²) in [5, 5.41) is 0.832. The molecule has 5 nitrogen and oxygen atoms in total. The number of ether oxygens (including phenoxy) is 1. The Labute approximate surface area is 135 Å². The zero-order valence-electron chi connectivity index (χ0n) is 11.7. The number of halogens is 1. The van der Waals surface area contributed by atoms with Crippen molar-refractivity contribution in [3.05, 3.63) is 21.6 Å². The van der Waals surface area contributed by atoms with E-state index in [2.05, 4.69) is 25.9 Å². The number of carbonyl (C=O) groups excluding carboxylic acids is 1. The van der Waals surface area contributed by atoms with E-state index in [4.69, 9.17) is 4.74 Å². The Morgan fingerprint density at radius 3 is 3.05 bits per heavy atom. The van der Waals surface area contributed by atoms with Crippen LogP contribution in [0.5, 0.6) is 5.88 Å². The lowest BCUT2D eigenvalue weighted by Gasteiger charge is -2.23. The number of amides is 1. The van der Waals surface area contributed by atoms with Crippen molar-refractivity contribution in [2.45, 2.75) is 19.8 Å². The topological polar surface area (TPSA) is 55.3 Å². The molecule has 110 valence electrons. The zero-order valence-corrected chi connectivity index (χ0v) is 14.1. The van der Waals surface area contributed by atoms with Gasteiger partial charge in [0.2, 0.25) is 11.8 Å². The van der Waals surface area contributed by atoms with E-state index < -0.39 is 0 Å². The maximum absolute atomic E-state index is 11.7. The second-order valence-electron chi connectivity index (χ2n) is 4.75. The Bertz CT molecular complexity index is 702. The van der Waals surface area contributed by atoms with Crippen LogP contribution in [0.15, 0.2) is 16.7 Å². The van der Waals surface area contributed by atoms with Crippen molar-refractivity contribution in [2.75, 3.05) is 18.6 Å². The fourth-order valence-electron chi connectivity index (χ4n) is 2.39. The second-order valence-corrected chi connectivity index (χ2v) is 6.75. The van der Waals surface area contributed by atoms with E-state index in [-0.39, 0.29) is 5.91 Å². The van der Waals surface area contributed by atoms with Gasteiger partial charge in [0.05, 0.1) is 12.7 Å². The van der Waals surface area contributed by atoms with Crippen molar-refractivity contribution >= 4 is 39.0 Å². The number of methoxy groups -OCH3 is 1. The number of aryl methyl sites for hydroxylation is 1. The lowest BCUT2D eigenvalue weighted by atomic mass is 10.2. The molecule has 1 aliphatic heterocycles. The van der Waals surface area contributed by atoms with E-state index in [0.717, 1.165) is 45.1 Å². The molecule has 1 amide bonds. The molecule has 3 heterocycles. The predicted molar refractivity (Wildman–Crippen MR) is 85.9 cm³/mol. The molecule has 0 atom stereocenters. The zero-order chi connectivity index (χ0) is 15.0. The van der Waals surface area contributed by atoms with Crippen LogP contribution in [0.2, 0.25) is 0 Å². The van der Waals surface area contributed by atoms with E-state index >= 15 is 0 Å². The number of nitrogens with zero attached hydrogens (tertiary/aromatic N) is 3. The number of pyridine rings is 1. The quantitative estimate of drug-likeness (QED) is 0.817. The third-order valence-electron chi connectivity index (χ3n) is 3.34. The van der Waals surface area contributed by atoms with Crippen LogP contribution in [0.25, 0.3) is 10.6 Å². The molecule has 21 heavy (non-hydrogen) atoms. The molecule has 0 N–H and O–H groups in total. The highest BCUT2D eigenvalue weighted by atomic mass is 79.9. The molecule has 1 aliphatic rings. The SMILES string of the molecule is COc1ncc(Br)cc1-c1nc2c(s1)CCCN2C(C)=O. The first-order valence-corrected chi connectivity index (χ1v) is 8.19. The molecule has 0 fully saturated rings. The van der Waals surface area contributed by atoms with Gasteiger partial charge in [-0.15, -0.1) is 11.3 Å². The molecular formula is C14H14BrN3O2S. The van der Waals surface area contributed by atoms with Gasteiger partial charge >= 0.3 is 0 Å². The number of fused-ring (bicyclic) bond motifs is 1. The van der Waals surface area contributed by atoms with Crippen molar-refractivity contribution in [3.8, 4) is 16.5 Å². The van der Waals surface area contributed by atoms with Gasteiger partial charge in [-0.25, -0.2) is 9.97 Å². The predicted octanol–water partition coefficient (Wildman–Crippen LogP) is 3.28. The Morgan fingerprint density at radius 2 is 2.33 bits per heavy atom. The first kappa shape index (κ1) is 14.5. The number of carbonyl (C=O) groups is 1. The molecule has 2 aromatic heterocycles. The average Bonchev–Trinajstić information content (AvgIpc) is 2.90. The molecule has 0 aliphatic carbocycles. The number of anilines is 1. The highest BCUT2D eigenvalue weighted by Gasteiger charge is 2.26. The van der Waals surface area contributed by atoms with E-state index in [0.29, 0.717) is 5.88 Å². The smallest absolute Gasteiger partial charge is 0.225 e. The molecule has 0 spiro atoms. The lowest BCUT2D eigenvalue weighted by molar-refractivity contribution is -0.116. The first-order chi connectivity index (χ1) is 10.1. The molecule has 0 aromatic carbocycles. The van der Waals surface area contributed by atoms with Crippen LogP contribution < -0.4 is 9.64 Å². The molecule has 0 saturated heterocycles. The van der Waals surface area contributed by atoms with Crippen LogP contribution in [0, 0.1) is 0 Å². The van der Waals surface area contributed by atoms with Gasteiger partial charge in [-0.1, -0.05) is 0 Å². The summed E-state index contributed by atoms with van der Waals surface area (Å²) in [4.78, 5) is 23.5.